The largest absolute Gasteiger partial charge is 0.495 e. The first-order valence-corrected chi connectivity index (χ1v) is 6.59. The lowest BCUT2D eigenvalue weighted by Crippen LogP contribution is -2.24. The Morgan fingerprint density at radius 2 is 1.90 bits per heavy atom. The zero-order valence-electron chi connectivity index (χ0n) is 11.3. The summed E-state index contributed by atoms with van der Waals surface area (Å²) in [5, 5.41) is 7.13. The van der Waals surface area contributed by atoms with Crippen LogP contribution in [0.1, 0.15) is 5.56 Å². The van der Waals surface area contributed by atoms with Crippen molar-refractivity contribution in [2.24, 2.45) is 5.10 Å². The third kappa shape index (κ3) is 4.25. The monoisotopic (exact) mass is 303 g/mol. The van der Waals surface area contributed by atoms with Crippen LogP contribution in [0.15, 0.2) is 53.6 Å². The smallest absolute Gasteiger partial charge is 0.191 e. The number of para-hydroxylation sites is 2. The van der Waals surface area contributed by atoms with E-state index in [1.165, 1.54) is 12.3 Å². The molecule has 0 spiro atoms. The number of halogens is 1. The second-order valence-electron chi connectivity index (χ2n) is 4.05. The molecule has 2 rings (SSSR count). The molecule has 0 radical (unpaired) electrons. The van der Waals surface area contributed by atoms with Crippen molar-refractivity contribution in [2.45, 2.75) is 0 Å². The quantitative estimate of drug-likeness (QED) is 0.517. The predicted molar refractivity (Wildman–Crippen MR) is 86.3 cm³/mol. The average Bonchev–Trinajstić information content (AvgIpc) is 2.50. The van der Waals surface area contributed by atoms with Gasteiger partial charge in [0.2, 0.25) is 0 Å². The third-order valence-corrected chi connectivity index (χ3v) is 2.82. The molecule has 21 heavy (non-hydrogen) atoms. The van der Waals surface area contributed by atoms with Gasteiger partial charge in [-0.15, -0.1) is 0 Å². The van der Waals surface area contributed by atoms with E-state index in [0.29, 0.717) is 11.3 Å². The number of hydrogen-bond donors (Lipinski definition) is 2. The summed E-state index contributed by atoms with van der Waals surface area (Å²) >= 11 is 5.11. The molecule has 0 bridgehead atoms. The van der Waals surface area contributed by atoms with Gasteiger partial charge in [-0.05, 0) is 30.4 Å². The van der Waals surface area contributed by atoms with Crippen molar-refractivity contribution in [3.8, 4) is 5.75 Å². The predicted octanol–water partition coefficient (Wildman–Crippen LogP) is 3.15. The van der Waals surface area contributed by atoms with Gasteiger partial charge in [-0.25, -0.2) is 4.39 Å². The van der Waals surface area contributed by atoms with Crippen LogP contribution in [-0.4, -0.2) is 18.4 Å². The number of benzene rings is 2. The summed E-state index contributed by atoms with van der Waals surface area (Å²) in [6.07, 6.45) is 1.37. The lowest BCUT2D eigenvalue weighted by atomic mass is 10.2. The van der Waals surface area contributed by atoms with E-state index in [4.69, 9.17) is 17.0 Å². The minimum Gasteiger partial charge on any atom is -0.495 e. The van der Waals surface area contributed by atoms with Crippen molar-refractivity contribution in [3.05, 3.63) is 59.9 Å². The van der Waals surface area contributed by atoms with Gasteiger partial charge in [0.15, 0.2) is 5.11 Å². The molecule has 6 heteroatoms. The molecule has 0 atom stereocenters. The molecular weight excluding hydrogens is 289 g/mol. The van der Waals surface area contributed by atoms with Crippen LogP contribution >= 0.6 is 12.2 Å². The van der Waals surface area contributed by atoms with Gasteiger partial charge in [-0.1, -0.05) is 30.3 Å². The van der Waals surface area contributed by atoms with Crippen molar-refractivity contribution < 1.29 is 9.13 Å². The Balaban J connectivity index is 1.95. The Morgan fingerprint density at radius 3 is 2.67 bits per heavy atom. The van der Waals surface area contributed by atoms with E-state index in [-0.39, 0.29) is 10.9 Å². The number of ether oxygens (including phenoxy) is 1. The molecule has 0 saturated carbocycles. The van der Waals surface area contributed by atoms with Gasteiger partial charge >= 0.3 is 0 Å². The number of nitrogens with zero attached hydrogens (tertiary/aromatic N) is 1. The van der Waals surface area contributed by atoms with E-state index in [9.17, 15) is 4.39 Å². The van der Waals surface area contributed by atoms with Crippen molar-refractivity contribution in [3.63, 3.8) is 0 Å². The van der Waals surface area contributed by atoms with Gasteiger partial charge < -0.3 is 10.1 Å². The summed E-state index contributed by atoms with van der Waals surface area (Å²) in [5.41, 5.74) is 3.73. The molecule has 0 heterocycles. The van der Waals surface area contributed by atoms with Gasteiger partial charge in [0.25, 0.3) is 0 Å². The summed E-state index contributed by atoms with van der Waals surface area (Å²) in [4.78, 5) is 0. The molecule has 0 fully saturated rings. The highest BCUT2D eigenvalue weighted by Crippen LogP contribution is 2.22. The molecule has 2 N–H and O–H groups in total. The fraction of sp³-hybridized carbons (Fsp3) is 0.0667. The zero-order chi connectivity index (χ0) is 15.1. The highest BCUT2D eigenvalue weighted by Gasteiger charge is 2.02. The highest BCUT2D eigenvalue weighted by atomic mass is 32.1. The van der Waals surface area contributed by atoms with Crippen LogP contribution in [-0.2, 0) is 0 Å². The summed E-state index contributed by atoms with van der Waals surface area (Å²) in [6.45, 7) is 0. The van der Waals surface area contributed by atoms with E-state index in [2.05, 4.69) is 15.8 Å². The van der Waals surface area contributed by atoms with Crippen LogP contribution < -0.4 is 15.5 Å². The van der Waals surface area contributed by atoms with E-state index < -0.39 is 0 Å². The van der Waals surface area contributed by atoms with Crippen LogP contribution in [0.3, 0.4) is 0 Å². The van der Waals surface area contributed by atoms with E-state index in [0.717, 1.165) is 5.69 Å². The topological polar surface area (TPSA) is 45.6 Å². The van der Waals surface area contributed by atoms with E-state index >= 15 is 0 Å². The number of thiocarbonyl (C=S) groups is 1. The average molecular weight is 303 g/mol. The number of hydrogen-bond acceptors (Lipinski definition) is 3. The minimum absolute atomic E-state index is 0.284. The van der Waals surface area contributed by atoms with Crippen molar-refractivity contribution in [2.75, 3.05) is 12.4 Å². The molecule has 0 aliphatic rings. The standard InChI is InChI=1S/C15H14FN3OS/c1-20-14-9-5-4-8-13(14)18-15(21)19-17-10-11-6-2-3-7-12(11)16/h2-10H,1H3,(H2,18,19,21)/b17-10-. The molecule has 4 nitrogen and oxygen atoms in total. The molecule has 0 aliphatic carbocycles. The first-order valence-electron chi connectivity index (χ1n) is 6.18. The summed E-state index contributed by atoms with van der Waals surface area (Å²) in [5.74, 6) is 0.325. The molecule has 0 unspecified atom stereocenters. The maximum Gasteiger partial charge on any atom is 0.191 e. The van der Waals surface area contributed by atoms with Gasteiger partial charge in [-0.2, -0.15) is 5.10 Å². The molecule has 0 aromatic heterocycles. The van der Waals surface area contributed by atoms with E-state index in [1.807, 2.05) is 24.3 Å². The molecule has 108 valence electrons. The van der Waals surface area contributed by atoms with Gasteiger partial charge in [0, 0.05) is 5.56 Å². The fourth-order valence-electron chi connectivity index (χ4n) is 1.64. The van der Waals surface area contributed by atoms with Crippen LogP contribution in [0, 0.1) is 5.82 Å². The maximum atomic E-state index is 13.4. The number of hydrazone groups is 1. The lowest BCUT2D eigenvalue weighted by molar-refractivity contribution is 0.417. The Hall–Kier alpha value is -2.47. The number of anilines is 1. The van der Waals surface area contributed by atoms with Gasteiger partial charge in [-0.3, -0.25) is 5.43 Å². The Morgan fingerprint density at radius 1 is 1.19 bits per heavy atom. The van der Waals surface area contributed by atoms with Crippen LogP contribution in [0.25, 0.3) is 0 Å². The van der Waals surface area contributed by atoms with E-state index in [1.54, 1.807) is 25.3 Å². The second kappa shape index (κ2) is 7.35. The number of nitrogens with one attached hydrogen (secondary N) is 2. The number of methoxy groups -OCH3 is 1. The molecular formula is C15H14FN3OS. The zero-order valence-corrected chi connectivity index (χ0v) is 12.2. The lowest BCUT2D eigenvalue weighted by Gasteiger charge is -2.10. The SMILES string of the molecule is COc1ccccc1NC(=S)N/N=C\c1ccccc1F. The van der Waals surface area contributed by atoms with Crippen LogP contribution in [0.5, 0.6) is 5.75 Å². The van der Waals surface area contributed by atoms with Crippen LogP contribution in [0.4, 0.5) is 10.1 Å². The van der Waals surface area contributed by atoms with Crippen molar-refractivity contribution in [1.82, 2.24) is 5.43 Å². The molecule has 2 aromatic carbocycles. The Bertz CT molecular complexity index is 661. The summed E-state index contributed by atoms with van der Waals surface area (Å²) < 4.78 is 18.6. The maximum absolute atomic E-state index is 13.4. The van der Waals surface area contributed by atoms with Crippen LogP contribution in [0.2, 0.25) is 0 Å². The number of rotatable bonds is 4. The fourth-order valence-corrected chi connectivity index (χ4v) is 1.80. The molecule has 0 amide bonds. The van der Waals surface area contributed by atoms with Gasteiger partial charge in [0.1, 0.15) is 11.6 Å². The Kier molecular flexibility index (Phi) is 5.22. The first-order chi connectivity index (χ1) is 10.2. The summed E-state index contributed by atoms with van der Waals surface area (Å²) in [6, 6.07) is 13.7. The normalized spacial score (nSPS) is 10.4. The first kappa shape index (κ1) is 14.9. The molecule has 0 saturated heterocycles. The Labute approximate surface area is 127 Å². The second-order valence-corrected chi connectivity index (χ2v) is 4.45. The van der Waals surface area contributed by atoms with Crippen molar-refractivity contribution >= 4 is 29.2 Å². The minimum atomic E-state index is -0.341. The molecule has 2 aromatic rings. The van der Waals surface area contributed by atoms with Crippen molar-refractivity contribution in [1.29, 1.82) is 0 Å². The molecule has 0 aliphatic heterocycles. The summed E-state index contributed by atoms with van der Waals surface area (Å²) in [7, 11) is 1.58. The highest BCUT2D eigenvalue weighted by molar-refractivity contribution is 7.80. The third-order valence-electron chi connectivity index (χ3n) is 2.63. The van der Waals surface area contributed by atoms with Gasteiger partial charge in [0.05, 0.1) is 19.0 Å².